The minimum Gasteiger partial charge on any atom is -0.486 e. The molecule has 8 heteroatoms. The van der Waals surface area contributed by atoms with Crippen molar-refractivity contribution in [2.24, 2.45) is 0 Å². The number of aromatic nitrogens is 1. The van der Waals surface area contributed by atoms with E-state index in [4.69, 9.17) is 18.9 Å². The fraction of sp³-hybridized carbons (Fsp3) is 0.227. The zero-order valence-electron chi connectivity index (χ0n) is 16.6. The van der Waals surface area contributed by atoms with Gasteiger partial charge in [-0.1, -0.05) is 12.1 Å². The highest BCUT2D eigenvalue weighted by molar-refractivity contribution is 6.11. The molecule has 8 nitrogen and oxygen atoms in total. The maximum absolute atomic E-state index is 12.6. The van der Waals surface area contributed by atoms with Gasteiger partial charge in [0, 0.05) is 23.3 Å². The lowest BCUT2D eigenvalue weighted by molar-refractivity contribution is 0.0526. The van der Waals surface area contributed by atoms with E-state index < -0.39 is 11.9 Å². The second kappa shape index (κ2) is 8.28. The van der Waals surface area contributed by atoms with Crippen LogP contribution >= 0.6 is 0 Å². The van der Waals surface area contributed by atoms with E-state index in [1.807, 2.05) is 6.07 Å². The number of methoxy groups -OCH3 is 1. The smallest absolute Gasteiger partial charge is 0.341 e. The number of esters is 2. The Bertz CT molecular complexity index is 1130. The van der Waals surface area contributed by atoms with Crippen LogP contribution in [-0.2, 0) is 9.47 Å². The maximum atomic E-state index is 12.6. The molecule has 3 aromatic rings. The molecule has 0 unspecified atom stereocenters. The van der Waals surface area contributed by atoms with Gasteiger partial charge in [-0.15, -0.1) is 0 Å². The van der Waals surface area contributed by atoms with Gasteiger partial charge in [0.05, 0.1) is 30.5 Å². The van der Waals surface area contributed by atoms with Gasteiger partial charge in [0.2, 0.25) is 0 Å². The molecule has 0 saturated carbocycles. The maximum Gasteiger partial charge on any atom is 0.341 e. The van der Waals surface area contributed by atoms with E-state index in [-0.39, 0.29) is 12.2 Å². The topological polar surface area (TPSA) is 96.0 Å². The third-order valence-electron chi connectivity index (χ3n) is 4.61. The van der Waals surface area contributed by atoms with Crippen molar-refractivity contribution in [2.45, 2.75) is 6.92 Å². The summed E-state index contributed by atoms with van der Waals surface area (Å²) in [5, 5.41) is 3.84. The number of rotatable bonds is 5. The van der Waals surface area contributed by atoms with Crippen molar-refractivity contribution in [3.8, 4) is 11.5 Å². The summed E-state index contributed by atoms with van der Waals surface area (Å²) in [6, 6.07) is 10.5. The molecule has 0 aliphatic carbocycles. The number of fused-ring (bicyclic) bond motifs is 2. The van der Waals surface area contributed by atoms with E-state index in [9.17, 15) is 9.59 Å². The predicted molar refractivity (Wildman–Crippen MR) is 110 cm³/mol. The molecule has 1 aliphatic heterocycles. The molecule has 0 saturated heterocycles. The second-order valence-corrected chi connectivity index (χ2v) is 6.44. The van der Waals surface area contributed by atoms with Gasteiger partial charge in [0.1, 0.15) is 18.8 Å². The SMILES string of the molecule is CCOC(=O)c1cnc2c(C(=O)OC)cccc2c1Nc1ccc2c(c1)OCCO2. The number of anilines is 2. The molecule has 154 valence electrons. The summed E-state index contributed by atoms with van der Waals surface area (Å²) >= 11 is 0. The Morgan fingerprint density at radius 1 is 1.07 bits per heavy atom. The van der Waals surface area contributed by atoms with E-state index in [2.05, 4.69) is 10.3 Å². The molecule has 2 aromatic carbocycles. The van der Waals surface area contributed by atoms with Crippen LogP contribution in [0.5, 0.6) is 11.5 Å². The van der Waals surface area contributed by atoms with E-state index in [1.54, 1.807) is 37.3 Å². The molecular weight excluding hydrogens is 388 g/mol. The van der Waals surface area contributed by atoms with Gasteiger partial charge in [-0.3, -0.25) is 4.98 Å². The summed E-state index contributed by atoms with van der Waals surface area (Å²) in [7, 11) is 1.31. The average molecular weight is 408 g/mol. The lowest BCUT2D eigenvalue weighted by Crippen LogP contribution is -2.15. The quantitative estimate of drug-likeness (QED) is 0.639. The van der Waals surface area contributed by atoms with E-state index in [0.29, 0.717) is 52.6 Å². The summed E-state index contributed by atoms with van der Waals surface area (Å²) in [4.78, 5) is 29.1. The molecule has 0 atom stereocenters. The first kappa shape index (κ1) is 19.5. The number of hydrogen-bond acceptors (Lipinski definition) is 8. The Kier molecular flexibility index (Phi) is 5.38. The Balaban J connectivity index is 1.85. The lowest BCUT2D eigenvalue weighted by Gasteiger charge is -2.20. The summed E-state index contributed by atoms with van der Waals surface area (Å²) in [6.45, 7) is 2.92. The first-order chi connectivity index (χ1) is 14.6. The number of nitrogens with one attached hydrogen (secondary N) is 1. The molecule has 30 heavy (non-hydrogen) atoms. The Morgan fingerprint density at radius 2 is 1.87 bits per heavy atom. The van der Waals surface area contributed by atoms with Crippen LogP contribution < -0.4 is 14.8 Å². The standard InChI is InChI=1S/C22H20N2O6/c1-3-28-22(26)16-12-23-19-14(5-4-6-15(19)21(25)27-2)20(16)24-13-7-8-17-18(11-13)30-10-9-29-17/h4-8,11-12H,3,9-10H2,1-2H3,(H,23,24). The van der Waals surface area contributed by atoms with E-state index in [1.165, 1.54) is 13.3 Å². The van der Waals surface area contributed by atoms with Gasteiger partial charge in [-0.05, 0) is 25.1 Å². The fourth-order valence-corrected chi connectivity index (χ4v) is 3.26. The van der Waals surface area contributed by atoms with Crippen LogP contribution in [-0.4, -0.2) is 43.9 Å². The molecule has 4 rings (SSSR count). The van der Waals surface area contributed by atoms with Gasteiger partial charge in [0.25, 0.3) is 0 Å². The number of benzene rings is 2. The Labute approximate surface area is 172 Å². The normalized spacial score (nSPS) is 12.3. The molecule has 1 aromatic heterocycles. The van der Waals surface area contributed by atoms with Gasteiger partial charge in [0.15, 0.2) is 11.5 Å². The van der Waals surface area contributed by atoms with Crippen molar-refractivity contribution in [1.29, 1.82) is 0 Å². The summed E-state index contributed by atoms with van der Waals surface area (Å²) in [6.07, 6.45) is 1.40. The van der Waals surface area contributed by atoms with Crippen LogP contribution in [0.4, 0.5) is 11.4 Å². The molecule has 0 amide bonds. The Hall–Kier alpha value is -3.81. The minimum absolute atomic E-state index is 0.225. The number of nitrogens with zero attached hydrogens (tertiary/aromatic N) is 1. The van der Waals surface area contributed by atoms with Crippen molar-refractivity contribution in [3.63, 3.8) is 0 Å². The van der Waals surface area contributed by atoms with Crippen LogP contribution in [0, 0.1) is 0 Å². The summed E-state index contributed by atoms with van der Waals surface area (Å²) in [5.41, 5.74) is 2.12. The monoisotopic (exact) mass is 408 g/mol. The van der Waals surface area contributed by atoms with Gasteiger partial charge >= 0.3 is 11.9 Å². The van der Waals surface area contributed by atoms with Crippen LogP contribution in [0.1, 0.15) is 27.6 Å². The third kappa shape index (κ3) is 3.59. The highest BCUT2D eigenvalue weighted by Crippen LogP contribution is 2.36. The zero-order chi connectivity index (χ0) is 21.1. The van der Waals surface area contributed by atoms with Crippen LogP contribution in [0.25, 0.3) is 10.9 Å². The van der Waals surface area contributed by atoms with E-state index in [0.717, 1.165) is 0 Å². The predicted octanol–water partition coefficient (Wildman–Crippen LogP) is 3.71. The first-order valence-electron chi connectivity index (χ1n) is 9.46. The number of para-hydroxylation sites is 1. The fourth-order valence-electron chi connectivity index (χ4n) is 3.26. The molecule has 0 bridgehead atoms. The summed E-state index contributed by atoms with van der Waals surface area (Å²) in [5.74, 6) is 0.236. The number of carbonyl (C=O) groups excluding carboxylic acids is 2. The largest absolute Gasteiger partial charge is 0.486 e. The van der Waals surface area contributed by atoms with Crippen LogP contribution in [0.2, 0.25) is 0 Å². The number of hydrogen-bond donors (Lipinski definition) is 1. The number of ether oxygens (including phenoxy) is 4. The van der Waals surface area contributed by atoms with Crippen LogP contribution in [0.3, 0.4) is 0 Å². The molecule has 0 radical (unpaired) electrons. The zero-order valence-corrected chi connectivity index (χ0v) is 16.6. The van der Waals surface area contributed by atoms with E-state index >= 15 is 0 Å². The third-order valence-corrected chi connectivity index (χ3v) is 4.61. The molecular formula is C22H20N2O6. The average Bonchev–Trinajstić information content (AvgIpc) is 2.78. The van der Waals surface area contributed by atoms with Gasteiger partial charge in [-0.25, -0.2) is 9.59 Å². The lowest BCUT2D eigenvalue weighted by atomic mass is 10.0. The summed E-state index contributed by atoms with van der Waals surface area (Å²) < 4.78 is 21.2. The molecule has 0 spiro atoms. The number of pyridine rings is 1. The van der Waals surface area contributed by atoms with Crippen molar-refractivity contribution >= 4 is 34.2 Å². The second-order valence-electron chi connectivity index (χ2n) is 6.44. The van der Waals surface area contributed by atoms with Crippen molar-refractivity contribution in [3.05, 3.63) is 53.7 Å². The number of carbonyl (C=O) groups is 2. The van der Waals surface area contributed by atoms with Crippen LogP contribution in [0.15, 0.2) is 42.6 Å². The Morgan fingerprint density at radius 3 is 2.63 bits per heavy atom. The highest BCUT2D eigenvalue weighted by atomic mass is 16.6. The van der Waals surface area contributed by atoms with Crippen molar-refractivity contribution < 1.29 is 28.5 Å². The minimum atomic E-state index is -0.518. The molecule has 1 N–H and O–H groups in total. The molecule has 2 heterocycles. The first-order valence-corrected chi connectivity index (χ1v) is 9.46. The highest BCUT2D eigenvalue weighted by Gasteiger charge is 2.21. The molecule has 0 fully saturated rings. The molecule has 1 aliphatic rings. The van der Waals surface area contributed by atoms with Crippen molar-refractivity contribution in [2.75, 3.05) is 32.2 Å². The van der Waals surface area contributed by atoms with Crippen molar-refractivity contribution in [1.82, 2.24) is 4.98 Å². The van der Waals surface area contributed by atoms with Gasteiger partial charge < -0.3 is 24.3 Å². The van der Waals surface area contributed by atoms with Gasteiger partial charge in [-0.2, -0.15) is 0 Å².